The Balaban J connectivity index is 1.94. The molecule has 0 bridgehead atoms. The van der Waals surface area contributed by atoms with Gasteiger partial charge in [0, 0.05) is 32.7 Å². The van der Waals surface area contributed by atoms with Crippen LogP contribution in [-0.2, 0) is 14.8 Å². The molecule has 146 valence electrons. The fourth-order valence-corrected chi connectivity index (χ4v) is 4.02. The summed E-state index contributed by atoms with van der Waals surface area (Å²) in [5.41, 5.74) is 2.98. The summed E-state index contributed by atoms with van der Waals surface area (Å²) < 4.78 is 39.1. The van der Waals surface area contributed by atoms with Gasteiger partial charge in [0.05, 0.1) is 4.90 Å². The van der Waals surface area contributed by atoms with Gasteiger partial charge in [0.2, 0.25) is 15.9 Å². The van der Waals surface area contributed by atoms with E-state index >= 15 is 0 Å². The Morgan fingerprint density at radius 2 is 1.56 bits per heavy atom. The predicted molar refractivity (Wildman–Crippen MR) is 105 cm³/mol. The van der Waals surface area contributed by atoms with Crippen LogP contribution in [0.1, 0.15) is 24.0 Å². The maximum atomic E-state index is 13.0. The highest BCUT2D eigenvalue weighted by molar-refractivity contribution is 7.89. The van der Waals surface area contributed by atoms with Crippen LogP contribution < -0.4 is 4.90 Å². The minimum absolute atomic E-state index is 0.0325. The molecule has 0 aliphatic heterocycles. The van der Waals surface area contributed by atoms with Gasteiger partial charge in [-0.3, -0.25) is 4.79 Å². The van der Waals surface area contributed by atoms with E-state index in [0.29, 0.717) is 6.42 Å². The van der Waals surface area contributed by atoms with Gasteiger partial charge in [-0.25, -0.2) is 17.1 Å². The summed E-state index contributed by atoms with van der Waals surface area (Å²) in [7, 11) is -0.523. The van der Waals surface area contributed by atoms with Crippen molar-refractivity contribution in [1.82, 2.24) is 4.31 Å². The summed E-state index contributed by atoms with van der Waals surface area (Å²) in [5.74, 6) is -0.566. The van der Waals surface area contributed by atoms with E-state index in [0.717, 1.165) is 28.9 Å². The van der Waals surface area contributed by atoms with Gasteiger partial charge in [-0.1, -0.05) is 6.07 Å². The highest BCUT2D eigenvalue weighted by atomic mass is 32.2. The molecule has 0 unspecified atom stereocenters. The Hall–Kier alpha value is -2.25. The van der Waals surface area contributed by atoms with Crippen LogP contribution in [-0.4, -0.2) is 39.3 Å². The number of sulfonamides is 1. The van der Waals surface area contributed by atoms with Crippen molar-refractivity contribution in [3.63, 3.8) is 0 Å². The largest absolute Gasteiger partial charge is 0.315 e. The number of hydrogen-bond acceptors (Lipinski definition) is 3. The van der Waals surface area contributed by atoms with Crippen LogP contribution in [0.5, 0.6) is 0 Å². The van der Waals surface area contributed by atoms with E-state index < -0.39 is 15.8 Å². The first-order valence-electron chi connectivity index (χ1n) is 8.68. The van der Waals surface area contributed by atoms with Crippen LogP contribution in [0, 0.1) is 19.7 Å². The van der Waals surface area contributed by atoms with Crippen LogP contribution in [0.4, 0.5) is 10.1 Å². The van der Waals surface area contributed by atoms with Crippen LogP contribution in [0.25, 0.3) is 0 Å². The molecule has 27 heavy (non-hydrogen) atoms. The number of amides is 1. The van der Waals surface area contributed by atoms with Gasteiger partial charge in [0.25, 0.3) is 0 Å². The van der Waals surface area contributed by atoms with Crippen molar-refractivity contribution in [3.8, 4) is 0 Å². The monoisotopic (exact) mass is 392 g/mol. The number of benzene rings is 2. The third-order valence-electron chi connectivity index (χ3n) is 4.35. The van der Waals surface area contributed by atoms with Crippen molar-refractivity contribution < 1.29 is 17.6 Å². The molecular weight excluding hydrogens is 367 g/mol. The topological polar surface area (TPSA) is 57.7 Å². The van der Waals surface area contributed by atoms with Crippen molar-refractivity contribution in [1.29, 1.82) is 0 Å². The van der Waals surface area contributed by atoms with Crippen LogP contribution >= 0.6 is 0 Å². The number of carbonyl (C=O) groups excluding carboxylic acids is 1. The van der Waals surface area contributed by atoms with Gasteiger partial charge >= 0.3 is 0 Å². The maximum absolute atomic E-state index is 13.0. The fraction of sp³-hybridized carbons (Fsp3) is 0.350. The van der Waals surface area contributed by atoms with Crippen molar-refractivity contribution in [2.24, 2.45) is 0 Å². The molecule has 0 spiro atoms. The number of carbonyl (C=O) groups is 1. The number of halogens is 1. The van der Waals surface area contributed by atoms with Crippen LogP contribution in [0.15, 0.2) is 47.4 Å². The first-order valence-corrected chi connectivity index (χ1v) is 10.1. The van der Waals surface area contributed by atoms with Gasteiger partial charge in [-0.05, 0) is 67.8 Å². The molecular formula is C20H25FN2O3S. The number of aryl methyl sites for hydroxylation is 2. The molecule has 0 saturated heterocycles. The summed E-state index contributed by atoms with van der Waals surface area (Å²) in [6, 6.07) is 10.6. The lowest BCUT2D eigenvalue weighted by Gasteiger charge is -2.20. The van der Waals surface area contributed by atoms with Gasteiger partial charge < -0.3 is 4.90 Å². The third-order valence-corrected chi connectivity index (χ3v) is 6.22. The summed E-state index contributed by atoms with van der Waals surface area (Å²) >= 11 is 0. The fourth-order valence-electron chi connectivity index (χ4n) is 2.82. The molecule has 2 rings (SSSR count). The molecule has 0 radical (unpaired) electrons. The number of hydrogen-bond donors (Lipinski definition) is 0. The van der Waals surface area contributed by atoms with E-state index in [-0.39, 0.29) is 23.8 Å². The number of nitrogens with zero attached hydrogens (tertiary/aromatic N) is 2. The number of anilines is 1. The normalized spacial score (nSPS) is 11.6. The molecule has 0 saturated carbocycles. The first-order chi connectivity index (χ1) is 12.6. The van der Waals surface area contributed by atoms with Gasteiger partial charge in [-0.15, -0.1) is 0 Å². The van der Waals surface area contributed by atoms with Crippen molar-refractivity contribution in [3.05, 3.63) is 59.4 Å². The molecule has 0 heterocycles. The first kappa shape index (κ1) is 21.1. The zero-order valence-electron chi connectivity index (χ0n) is 16.1. The lowest BCUT2D eigenvalue weighted by molar-refractivity contribution is -0.118. The van der Waals surface area contributed by atoms with E-state index in [2.05, 4.69) is 0 Å². The maximum Gasteiger partial charge on any atom is 0.242 e. The summed E-state index contributed by atoms with van der Waals surface area (Å²) in [4.78, 5) is 14.0. The molecule has 0 aliphatic carbocycles. The van der Waals surface area contributed by atoms with Gasteiger partial charge in [0.15, 0.2) is 0 Å². The molecule has 1 amide bonds. The smallest absolute Gasteiger partial charge is 0.242 e. The molecule has 5 nitrogen and oxygen atoms in total. The molecule has 2 aromatic carbocycles. The average molecular weight is 392 g/mol. The summed E-state index contributed by atoms with van der Waals surface area (Å²) in [6.07, 6.45) is 0.623. The SMILES string of the molecule is Cc1cc(C)cc(N(C)C(=O)CCCN(C)S(=O)(=O)c2ccc(F)cc2)c1. The molecule has 0 aromatic heterocycles. The Bertz CT molecular complexity index is 891. The Kier molecular flexibility index (Phi) is 6.73. The molecule has 0 atom stereocenters. The number of rotatable bonds is 7. The lowest BCUT2D eigenvalue weighted by Crippen LogP contribution is -2.30. The standard InChI is InChI=1S/C20H25FN2O3S/c1-15-12-16(2)14-18(13-15)23(4)20(24)6-5-11-22(3)27(25,26)19-9-7-17(21)8-10-19/h7-10,12-14H,5-6,11H2,1-4H3. The Morgan fingerprint density at radius 3 is 2.11 bits per heavy atom. The average Bonchev–Trinajstić information content (AvgIpc) is 2.60. The van der Waals surface area contributed by atoms with Crippen LogP contribution in [0.2, 0.25) is 0 Å². The minimum Gasteiger partial charge on any atom is -0.315 e. The molecule has 0 aliphatic rings. The predicted octanol–water partition coefficient (Wildman–Crippen LogP) is 3.51. The summed E-state index contributed by atoms with van der Waals surface area (Å²) in [6.45, 7) is 4.15. The van der Waals surface area contributed by atoms with Crippen molar-refractivity contribution >= 4 is 21.6 Å². The van der Waals surface area contributed by atoms with Gasteiger partial charge in [-0.2, -0.15) is 0 Å². The highest BCUT2D eigenvalue weighted by Crippen LogP contribution is 2.19. The quantitative estimate of drug-likeness (QED) is 0.725. The summed E-state index contributed by atoms with van der Waals surface area (Å²) in [5, 5.41) is 0. The second kappa shape index (κ2) is 8.63. The highest BCUT2D eigenvalue weighted by Gasteiger charge is 2.21. The zero-order chi connectivity index (χ0) is 20.2. The van der Waals surface area contributed by atoms with Crippen LogP contribution in [0.3, 0.4) is 0 Å². The van der Waals surface area contributed by atoms with E-state index in [9.17, 15) is 17.6 Å². The molecule has 0 N–H and O–H groups in total. The van der Waals surface area contributed by atoms with Crippen molar-refractivity contribution in [2.45, 2.75) is 31.6 Å². The molecule has 7 heteroatoms. The second-order valence-electron chi connectivity index (χ2n) is 6.68. The minimum atomic E-state index is -3.70. The Morgan fingerprint density at radius 1 is 1.00 bits per heavy atom. The lowest BCUT2D eigenvalue weighted by atomic mass is 10.1. The Labute approximate surface area is 160 Å². The van der Waals surface area contributed by atoms with E-state index in [1.807, 2.05) is 32.0 Å². The van der Waals surface area contributed by atoms with Gasteiger partial charge in [0.1, 0.15) is 5.82 Å². The third kappa shape index (κ3) is 5.37. The van der Waals surface area contributed by atoms with E-state index in [1.54, 1.807) is 11.9 Å². The molecule has 0 fully saturated rings. The van der Waals surface area contributed by atoms with Crippen molar-refractivity contribution in [2.75, 3.05) is 25.5 Å². The van der Waals surface area contributed by atoms with E-state index in [4.69, 9.17) is 0 Å². The second-order valence-corrected chi connectivity index (χ2v) is 8.73. The zero-order valence-corrected chi connectivity index (χ0v) is 16.9. The van der Waals surface area contributed by atoms with E-state index in [1.165, 1.54) is 23.5 Å². The molecule has 2 aromatic rings.